The first kappa shape index (κ1) is 25.1. The maximum absolute atomic E-state index is 12.6. The van der Waals surface area contributed by atoms with Crippen LogP contribution < -0.4 is 9.47 Å². The Bertz CT molecular complexity index is 878. The van der Waals surface area contributed by atoms with Crippen LogP contribution in [0, 0.1) is 11.8 Å². The molecule has 1 fully saturated rings. The van der Waals surface area contributed by atoms with E-state index in [1.165, 1.54) is 17.2 Å². The summed E-state index contributed by atoms with van der Waals surface area (Å²) in [5, 5.41) is 0. The fourth-order valence-electron chi connectivity index (χ4n) is 4.98. The molecular weight excluding hydrogens is 422 g/mol. The van der Waals surface area contributed by atoms with E-state index in [9.17, 15) is 9.59 Å². The van der Waals surface area contributed by atoms with Gasteiger partial charge in [0.05, 0.1) is 20.3 Å². The molecule has 3 atom stereocenters. The van der Waals surface area contributed by atoms with Crippen molar-refractivity contribution in [3.05, 3.63) is 35.4 Å². The largest absolute Gasteiger partial charge is 0.493 e. The summed E-state index contributed by atoms with van der Waals surface area (Å²) < 4.78 is 22.0. The minimum Gasteiger partial charge on any atom is -0.493 e. The lowest BCUT2D eigenvalue weighted by Gasteiger charge is -2.47. The van der Waals surface area contributed by atoms with Gasteiger partial charge < -0.3 is 18.9 Å². The molecule has 2 aliphatic rings. The Balaban J connectivity index is 1.80. The third-order valence-electron chi connectivity index (χ3n) is 6.31. The van der Waals surface area contributed by atoms with Crippen LogP contribution in [0.5, 0.6) is 11.5 Å². The standard InChI is InChI=1S/C26H37NO6/c1-16(2)11-19-15-27-10-9-18-12-23(30-5)24(31-6)13-20(18)21(27)14-22(19)33-26(29)8-7-25(28)32-17(3)4/h7-8,12-13,16-17,19,21-22H,9-11,14-15H2,1-6H3/b8-7+/t19-,21-,22-/m1/s1. The number of methoxy groups -OCH3 is 2. The number of piperidine rings is 1. The number of rotatable bonds is 8. The molecule has 7 nitrogen and oxygen atoms in total. The van der Waals surface area contributed by atoms with Crippen molar-refractivity contribution < 1.29 is 28.5 Å². The molecule has 0 radical (unpaired) electrons. The van der Waals surface area contributed by atoms with Crippen molar-refractivity contribution in [2.45, 2.75) is 65.2 Å². The second-order valence-corrected chi connectivity index (χ2v) is 9.59. The van der Waals surface area contributed by atoms with Crippen molar-refractivity contribution in [3.8, 4) is 11.5 Å². The first-order chi connectivity index (χ1) is 15.7. The van der Waals surface area contributed by atoms with E-state index >= 15 is 0 Å². The predicted octanol–water partition coefficient (Wildman–Crippen LogP) is 4.09. The van der Waals surface area contributed by atoms with Gasteiger partial charge in [0, 0.05) is 43.6 Å². The summed E-state index contributed by atoms with van der Waals surface area (Å²) in [5.41, 5.74) is 2.46. The number of ether oxygens (including phenoxy) is 4. The molecule has 1 aromatic rings. The molecule has 2 aliphatic heterocycles. The number of hydrogen-bond donors (Lipinski definition) is 0. The predicted molar refractivity (Wildman–Crippen MR) is 125 cm³/mol. The molecule has 7 heteroatoms. The van der Waals surface area contributed by atoms with E-state index in [2.05, 4.69) is 30.9 Å². The molecule has 3 rings (SSSR count). The van der Waals surface area contributed by atoms with Crippen LogP contribution in [0.25, 0.3) is 0 Å². The molecule has 0 bridgehead atoms. The number of carbonyl (C=O) groups is 2. The monoisotopic (exact) mass is 459 g/mol. The van der Waals surface area contributed by atoms with Gasteiger partial charge in [-0.1, -0.05) is 13.8 Å². The van der Waals surface area contributed by atoms with Crippen LogP contribution in [0.1, 0.15) is 57.7 Å². The van der Waals surface area contributed by atoms with Crippen LogP contribution in [0.3, 0.4) is 0 Å². The summed E-state index contributed by atoms with van der Waals surface area (Å²) in [6.07, 6.45) is 4.47. The molecular formula is C26H37NO6. The average molecular weight is 460 g/mol. The van der Waals surface area contributed by atoms with Gasteiger partial charge in [-0.05, 0) is 55.9 Å². The van der Waals surface area contributed by atoms with Crippen molar-refractivity contribution >= 4 is 11.9 Å². The fourth-order valence-corrected chi connectivity index (χ4v) is 4.98. The Morgan fingerprint density at radius 3 is 2.36 bits per heavy atom. The first-order valence-electron chi connectivity index (χ1n) is 11.8. The summed E-state index contributed by atoms with van der Waals surface area (Å²) in [5.74, 6) is 1.12. The Kier molecular flexibility index (Phi) is 8.40. The Hall–Kier alpha value is -2.54. The zero-order valence-corrected chi connectivity index (χ0v) is 20.6. The highest BCUT2D eigenvalue weighted by Gasteiger charge is 2.41. The molecule has 0 N–H and O–H groups in total. The SMILES string of the molecule is COc1cc2c(cc1OC)[C@H]1C[C@@H](OC(=O)/C=C/C(=O)OC(C)C)[C@H](CC(C)C)CN1CC2. The summed E-state index contributed by atoms with van der Waals surface area (Å²) >= 11 is 0. The van der Waals surface area contributed by atoms with E-state index < -0.39 is 11.9 Å². The highest BCUT2D eigenvalue weighted by molar-refractivity contribution is 5.91. The number of carbonyl (C=O) groups excluding carboxylic acids is 2. The van der Waals surface area contributed by atoms with E-state index in [0.717, 1.165) is 37.8 Å². The normalized spacial score (nSPS) is 22.7. The molecule has 182 valence electrons. The van der Waals surface area contributed by atoms with Crippen molar-refractivity contribution in [1.29, 1.82) is 0 Å². The quantitative estimate of drug-likeness (QED) is 0.428. The lowest BCUT2D eigenvalue weighted by molar-refractivity contribution is -0.152. The minimum absolute atomic E-state index is 0.143. The van der Waals surface area contributed by atoms with Crippen LogP contribution in [0.4, 0.5) is 0 Å². The minimum atomic E-state index is -0.544. The summed E-state index contributed by atoms with van der Waals surface area (Å²) in [7, 11) is 3.29. The van der Waals surface area contributed by atoms with Gasteiger partial charge in [-0.25, -0.2) is 9.59 Å². The number of hydrogen-bond acceptors (Lipinski definition) is 7. The number of nitrogens with zero attached hydrogens (tertiary/aromatic N) is 1. The van der Waals surface area contributed by atoms with Gasteiger partial charge in [-0.15, -0.1) is 0 Å². The highest BCUT2D eigenvalue weighted by Crippen LogP contribution is 2.44. The second kappa shape index (κ2) is 11.1. The van der Waals surface area contributed by atoms with Gasteiger partial charge in [-0.2, -0.15) is 0 Å². The van der Waals surface area contributed by atoms with Gasteiger partial charge in [0.1, 0.15) is 6.10 Å². The third-order valence-corrected chi connectivity index (χ3v) is 6.31. The zero-order valence-electron chi connectivity index (χ0n) is 20.6. The maximum atomic E-state index is 12.6. The summed E-state index contributed by atoms with van der Waals surface area (Å²) in [6.45, 7) is 9.74. The molecule has 0 spiro atoms. The topological polar surface area (TPSA) is 74.3 Å². The van der Waals surface area contributed by atoms with E-state index in [-0.39, 0.29) is 24.2 Å². The van der Waals surface area contributed by atoms with Gasteiger partial charge in [0.2, 0.25) is 0 Å². The van der Waals surface area contributed by atoms with E-state index in [4.69, 9.17) is 18.9 Å². The molecule has 0 unspecified atom stereocenters. The first-order valence-corrected chi connectivity index (χ1v) is 11.8. The Labute approximate surface area is 197 Å². The highest BCUT2D eigenvalue weighted by atomic mass is 16.5. The third kappa shape index (κ3) is 6.28. The van der Waals surface area contributed by atoms with Crippen LogP contribution in [-0.4, -0.2) is 56.4 Å². The van der Waals surface area contributed by atoms with Gasteiger partial charge in [0.15, 0.2) is 11.5 Å². The van der Waals surface area contributed by atoms with Crippen molar-refractivity contribution in [1.82, 2.24) is 4.90 Å². The molecule has 1 aromatic carbocycles. The molecule has 33 heavy (non-hydrogen) atoms. The Morgan fingerprint density at radius 1 is 1.06 bits per heavy atom. The average Bonchev–Trinajstić information content (AvgIpc) is 2.76. The molecule has 0 amide bonds. The number of fused-ring (bicyclic) bond motifs is 3. The van der Waals surface area contributed by atoms with Crippen LogP contribution in [-0.2, 0) is 25.5 Å². The number of esters is 2. The lowest BCUT2D eigenvalue weighted by atomic mass is 9.79. The van der Waals surface area contributed by atoms with Gasteiger partial charge in [0.25, 0.3) is 0 Å². The van der Waals surface area contributed by atoms with Crippen molar-refractivity contribution in [3.63, 3.8) is 0 Å². The lowest BCUT2D eigenvalue weighted by Crippen LogP contribution is -2.49. The molecule has 2 heterocycles. The molecule has 1 saturated heterocycles. The molecule has 0 saturated carbocycles. The van der Waals surface area contributed by atoms with Gasteiger partial charge in [-0.3, -0.25) is 4.90 Å². The van der Waals surface area contributed by atoms with E-state index in [1.807, 2.05) is 0 Å². The van der Waals surface area contributed by atoms with Crippen LogP contribution in [0.15, 0.2) is 24.3 Å². The van der Waals surface area contributed by atoms with Crippen LogP contribution in [0.2, 0.25) is 0 Å². The Morgan fingerprint density at radius 2 is 1.73 bits per heavy atom. The maximum Gasteiger partial charge on any atom is 0.331 e. The van der Waals surface area contributed by atoms with Crippen LogP contribution >= 0.6 is 0 Å². The summed E-state index contributed by atoms with van der Waals surface area (Å²) in [6, 6.07) is 4.27. The van der Waals surface area contributed by atoms with Crippen molar-refractivity contribution in [2.24, 2.45) is 11.8 Å². The van der Waals surface area contributed by atoms with Crippen molar-refractivity contribution in [2.75, 3.05) is 27.3 Å². The second-order valence-electron chi connectivity index (χ2n) is 9.59. The fraction of sp³-hybridized carbons (Fsp3) is 0.615. The molecule has 0 aromatic heterocycles. The molecule has 0 aliphatic carbocycles. The van der Waals surface area contributed by atoms with Gasteiger partial charge >= 0.3 is 11.9 Å². The van der Waals surface area contributed by atoms with E-state index in [1.54, 1.807) is 28.1 Å². The number of benzene rings is 1. The smallest absolute Gasteiger partial charge is 0.331 e. The summed E-state index contributed by atoms with van der Waals surface area (Å²) in [4.78, 5) is 26.8. The van der Waals surface area contributed by atoms with E-state index in [0.29, 0.717) is 18.1 Å². The zero-order chi connectivity index (χ0) is 24.1.